The minimum atomic E-state index is -0.710. The number of carbonyl (C=O) groups excluding carboxylic acids is 2. The number of rotatable bonds is 1. The SMILES string of the molecule is N#Cc1c(F)cccc1N1C(=O)CC2(CCCC2)C1=O. The molecule has 1 aromatic carbocycles. The summed E-state index contributed by atoms with van der Waals surface area (Å²) in [6.07, 6.45) is 3.44. The zero-order valence-electron chi connectivity index (χ0n) is 10.9. The first kappa shape index (κ1) is 12.8. The molecule has 1 saturated heterocycles. The molecule has 0 bridgehead atoms. The Morgan fingerprint density at radius 1 is 1.25 bits per heavy atom. The summed E-state index contributed by atoms with van der Waals surface area (Å²) in [7, 11) is 0. The number of amides is 2. The molecule has 0 unspecified atom stereocenters. The minimum absolute atomic E-state index is 0.0753. The third kappa shape index (κ3) is 1.64. The van der Waals surface area contributed by atoms with E-state index in [-0.39, 0.29) is 29.5 Å². The number of nitrogens with zero attached hydrogens (tertiary/aromatic N) is 2. The zero-order valence-corrected chi connectivity index (χ0v) is 10.9. The third-order valence-corrected chi connectivity index (χ3v) is 4.30. The van der Waals surface area contributed by atoms with Gasteiger partial charge in [0.2, 0.25) is 11.8 Å². The van der Waals surface area contributed by atoms with Gasteiger partial charge in [0.1, 0.15) is 17.4 Å². The first-order valence-corrected chi connectivity index (χ1v) is 6.65. The summed E-state index contributed by atoms with van der Waals surface area (Å²) >= 11 is 0. The molecule has 1 saturated carbocycles. The molecule has 2 amide bonds. The van der Waals surface area contributed by atoms with Crippen molar-refractivity contribution in [2.45, 2.75) is 32.1 Å². The van der Waals surface area contributed by atoms with Crippen LogP contribution >= 0.6 is 0 Å². The third-order valence-electron chi connectivity index (χ3n) is 4.30. The Balaban J connectivity index is 2.08. The summed E-state index contributed by atoms with van der Waals surface area (Å²) in [5.41, 5.74) is -0.786. The van der Waals surface area contributed by atoms with Crippen LogP contribution in [0.2, 0.25) is 0 Å². The van der Waals surface area contributed by atoms with Crippen LogP contribution in [0.15, 0.2) is 18.2 Å². The van der Waals surface area contributed by atoms with E-state index in [9.17, 15) is 14.0 Å². The summed E-state index contributed by atoms with van der Waals surface area (Å²) in [6, 6.07) is 5.75. The van der Waals surface area contributed by atoms with Crippen LogP contribution in [-0.4, -0.2) is 11.8 Å². The monoisotopic (exact) mass is 272 g/mol. The van der Waals surface area contributed by atoms with Crippen molar-refractivity contribution in [2.75, 3.05) is 4.90 Å². The lowest BCUT2D eigenvalue weighted by molar-refractivity contribution is -0.125. The molecular weight excluding hydrogens is 259 g/mol. The second-order valence-corrected chi connectivity index (χ2v) is 5.44. The van der Waals surface area contributed by atoms with Crippen LogP contribution in [0.25, 0.3) is 0 Å². The van der Waals surface area contributed by atoms with Gasteiger partial charge in [-0.1, -0.05) is 18.9 Å². The van der Waals surface area contributed by atoms with Gasteiger partial charge in [-0.25, -0.2) is 9.29 Å². The first-order valence-electron chi connectivity index (χ1n) is 6.65. The molecule has 0 aromatic heterocycles. The van der Waals surface area contributed by atoms with Crippen molar-refractivity contribution in [3.8, 4) is 6.07 Å². The maximum absolute atomic E-state index is 13.7. The molecule has 1 aliphatic carbocycles. The van der Waals surface area contributed by atoms with Crippen LogP contribution in [-0.2, 0) is 9.59 Å². The maximum Gasteiger partial charge on any atom is 0.240 e. The molecule has 0 N–H and O–H groups in total. The molecule has 1 spiro atoms. The summed E-state index contributed by atoms with van der Waals surface area (Å²) in [5, 5.41) is 9.05. The largest absolute Gasteiger partial charge is 0.274 e. The van der Waals surface area contributed by atoms with Crippen molar-refractivity contribution in [2.24, 2.45) is 5.41 Å². The highest BCUT2D eigenvalue weighted by molar-refractivity contribution is 6.23. The molecule has 102 valence electrons. The molecule has 1 aromatic rings. The predicted molar refractivity (Wildman–Crippen MR) is 69.1 cm³/mol. The van der Waals surface area contributed by atoms with E-state index in [1.807, 2.05) is 0 Å². The Hall–Kier alpha value is -2.22. The number of benzene rings is 1. The van der Waals surface area contributed by atoms with E-state index in [0.29, 0.717) is 12.8 Å². The van der Waals surface area contributed by atoms with Crippen molar-refractivity contribution in [1.29, 1.82) is 5.26 Å². The predicted octanol–water partition coefficient (Wildman–Crippen LogP) is 2.52. The van der Waals surface area contributed by atoms with Gasteiger partial charge in [-0.2, -0.15) is 5.26 Å². The highest BCUT2D eigenvalue weighted by Gasteiger charge is 2.53. The highest BCUT2D eigenvalue weighted by atomic mass is 19.1. The van der Waals surface area contributed by atoms with Crippen molar-refractivity contribution in [3.05, 3.63) is 29.6 Å². The van der Waals surface area contributed by atoms with Crippen molar-refractivity contribution in [1.82, 2.24) is 0 Å². The second kappa shape index (κ2) is 4.41. The number of hydrogen-bond acceptors (Lipinski definition) is 3. The Morgan fingerprint density at radius 2 is 1.95 bits per heavy atom. The Morgan fingerprint density at radius 3 is 2.60 bits per heavy atom. The van der Waals surface area contributed by atoms with Crippen LogP contribution in [0.5, 0.6) is 0 Å². The Bertz CT molecular complexity index is 642. The summed E-state index contributed by atoms with van der Waals surface area (Å²) in [5.74, 6) is -1.32. The molecule has 1 aliphatic heterocycles. The number of nitriles is 1. The van der Waals surface area contributed by atoms with Crippen LogP contribution in [0.4, 0.5) is 10.1 Å². The topological polar surface area (TPSA) is 61.2 Å². The van der Waals surface area contributed by atoms with Crippen LogP contribution in [0, 0.1) is 22.6 Å². The maximum atomic E-state index is 13.7. The number of hydrogen-bond donors (Lipinski definition) is 0. The standard InChI is InChI=1S/C15H13FN2O2/c16-11-4-3-5-12(10(11)9-17)18-13(19)8-15(14(18)20)6-1-2-7-15/h3-5H,1-2,6-8H2. The number of anilines is 1. The normalized spacial score (nSPS) is 20.7. The Kier molecular flexibility index (Phi) is 2.82. The van der Waals surface area contributed by atoms with E-state index in [4.69, 9.17) is 5.26 Å². The smallest absolute Gasteiger partial charge is 0.240 e. The first-order chi connectivity index (χ1) is 9.59. The van der Waals surface area contributed by atoms with Crippen molar-refractivity contribution >= 4 is 17.5 Å². The zero-order chi connectivity index (χ0) is 14.3. The quantitative estimate of drug-likeness (QED) is 0.738. The molecule has 0 atom stereocenters. The fourth-order valence-electron chi connectivity index (χ4n) is 3.29. The molecule has 5 heteroatoms. The van der Waals surface area contributed by atoms with Gasteiger partial charge in [-0.15, -0.1) is 0 Å². The van der Waals surface area contributed by atoms with Gasteiger partial charge < -0.3 is 0 Å². The van der Waals surface area contributed by atoms with Crippen LogP contribution in [0.3, 0.4) is 0 Å². The molecule has 4 nitrogen and oxygen atoms in total. The minimum Gasteiger partial charge on any atom is -0.274 e. The lowest BCUT2D eigenvalue weighted by atomic mass is 9.84. The van der Waals surface area contributed by atoms with Crippen LogP contribution < -0.4 is 4.90 Å². The van der Waals surface area contributed by atoms with E-state index < -0.39 is 11.2 Å². The number of halogens is 1. The average molecular weight is 272 g/mol. The van der Waals surface area contributed by atoms with Crippen molar-refractivity contribution in [3.63, 3.8) is 0 Å². The van der Waals surface area contributed by atoms with Gasteiger partial charge >= 0.3 is 0 Å². The lowest BCUT2D eigenvalue weighted by Crippen LogP contribution is -2.35. The van der Waals surface area contributed by atoms with Gasteiger partial charge in [0.25, 0.3) is 0 Å². The summed E-state index contributed by atoms with van der Waals surface area (Å²) in [4.78, 5) is 25.8. The van der Waals surface area contributed by atoms with Crippen molar-refractivity contribution < 1.29 is 14.0 Å². The molecule has 0 radical (unpaired) electrons. The molecule has 2 fully saturated rings. The van der Waals surface area contributed by atoms with E-state index in [2.05, 4.69) is 0 Å². The van der Waals surface area contributed by atoms with E-state index in [1.165, 1.54) is 12.1 Å². The van der Waals surface area contributed by atoms with Gasteiger partial charge in [-0.05, 0) is 25.0 Å². The van der Waals surface area contributed by atoms with Gasteiger partial charge in [-0.3, -0.25) is 9.59 Å². The molecular formula is C15H13FN2O2. The fraction of sp³-hybridized carbons (Fsp3) is 0.400. The molecule has 20 heavy (non-hydrogen) atoms. The van der Waals surface area contributed by atoms with E-state index in [0.717, 1.165) is 23.8 Å². The lowest BCUT2D eigenvalue weighted by Gasteiger charge is -2.21. The number of carbonyl (C=O) groups is 2. The molecule has 3 rings (SSSR count). The van der Waals surface area contributed by atoms with E-state index >= 15 is 0 Å². The van der Waals surface area contributed by atoms with E-state index in [1.54, 1.807) is 6.07 Å². The Labute approximate surface area is 115 Å². The van der Waals surface area contributed by atoms with Gasteiger partial charge in [0, 0.05) is 6.42 Å². The average Bonchev–Trinajstić information content (AvgIpc) is 2.97. The van der Waals surface area contributed by atoms with Gasteiger partial charge in [0.05, 0.1) is 11.1 Å². The number of imide groups is 1. The summed E-state index contributed by atoms with van der Waals surface area (Å²) in [6.45, 7) is 0. The fourth-order valence-corrected chi connectivity index (χ4v) is 3.29. The molecule has 1 heterocycles. The van der Waals surface area contributed by atoms with Gasteiger partial charge in [0.15, 0.2) is 0 Å². The molecule has 2 aliphatic rings. The second-order valence-electron chi connectivity index (χ2n) is 5.44. The van der Waals surface area contributed by atoms with Crippen LogP contribution in [0.1, 0.15) is 37.7 Å². The summed E-state index contributed by atoms with van der Waals surface area (Å²) < 4.78 is 13.7. The highest BCUT2D eigenvalue weighted by Crippen LogP contribution is 2.48.